The molecule has 0 aromatic heterocycles. The van der Waals surface area contributed by atoms with Crippen molar-refractivity contribution in [1.29, 1.82) is 0 Å². The molecule has 0 saturated carbocycles. The maximum absolute atomic E-state index is 12.2. The van der Waals surface area contributed by atoms with Gasteiger partial charge in [0.25, 0.3) is 5.69 Å². The molecule has 0 heterocycles. The highest BCUT2D eigenvalue weighted by Gasteiger charge is 2.12. The summed E-state index contributed by atoms with van der Waals surface area (Å²) >= 11 is 0. The summed E-state index contributed by atoms with van der Waals surface area (Å²) in [5.74, 6) is 0.795. The smallest absolute Gasteiger partial charge is 0.269 e. The number of nitrogens with one attached hydrogen (secondary N) is 1. The fourth-order valence-electron chi connectivity index (χ4n) is 4.27. The van der Waals surface area contributed by atoms with Crippen LogP contribution in [0.1, 0.15) is 19.8 Å². The van der Waals surface area contributed by atoms with Gasteiger partial charge in [-0.05, 0) is 49.7 Å². The van der Waals surface area contributed by atoms with Crippen molar-refractivity contribution in [3.05, 3.63) is 70.8 Å². The molecule has 3 aromatic carbocycles. The highest BCUT2D eigenvalue weighted by Crippen LogP contribution is 2.41. The SMILES string of the molecule is CCN(CCCC(=O)NCCOCCOCCN)c1ccc(N=Nc2cc(OC)c(N=Nc3ccc([N+](=O)[O-])cc3)cc2OC)cc1. The number of rotatable bonds is 21. The Labute approximate surface area is 273 Å². The summed E-state index contributed by atoms with van der Waals surface area (Å²) in [4.78, 5) is 24.8. The van der Waals surface area contributed by atoms with Gasteiger partial charge in [0, 0.05) is 62.6 Å². The Morgan fingerprint density at radius 2 is 1.40 bits per heavy atom. The number of nitrogens with two attached hydrogens (primary N) is 1. The summed E-state index contributed by atoms with van der Waals surface area (Å²) in [6.07, 6.45) is 1.13. The molecular formula is C32H42N8O7. The minimum Gasteiger partial charge on any atom is -0.494 e. The Hall–Kier alpha value is -4.99. The second-order valence-electron chi connectivity index (χ2n) is 9.93. The molecule has 0 aliphatic rings. The summed E-state index contributed by atoms with van der Waals surface area (Å²) in [6.45, 7) is 6.44. The average Bonchev–Trinajstić information content (AvgIpc) is 3.09. The molecule has 0 saturated heterocycles. The van der Waals surface area contributed by atoms with E-state index in [1.807, 2.05) is 24.3 Å². The van der Waals surface area contributed by atoms with E-state index in [2.05, 4.69) is 37.6 Å². The van der Waals surface area contributed by atoms with Gasteiger partial charge < -0.3 is 34.9 Å². The van der Waals surface area contributed by atoms with Gasteiger partial charge in [0.05, 0.1) is 56.9 Å². The summed E-state index contributed by atoms with van der Waals surface area (Å²) in [6, 6.07) is 16.6. The van der Waals surface area contributed by atoms with Crippen LogP contribution in [0.2, 0.25) is 0 Å². The minimum atomic E-state index is -0.480. The molecule has 0 radical (unpaired) electrons. The first-order chi connectivity index (χ1) is 22.9. The summed E-state index contributed by atoms with van der Waals surface area (Å²) in [5, 5.41) is 30.8. The average molecular weight is 651 g/mol. The van der Waals surface area contributed by atoms with Crippen LogP contribution in [-0.4, -0.2) is 77.7 Å². The van der Waals surface area contributed by atoms with Gasteiger partial charge in [0.2, 0.25) is 5.91 Å². The van der Waals surface area contributed by atoms with Crippen molar-refractivity contribution in [1.82, 2.24) is 5.32 Å². The molecule has 3 rings (SSSR count). The third-order valence-electron chi connectivity index (χ3n) is 6.72. The van der Waals surface area contributed by atoms with Crippen LogP contribution in [0.3, 0.4) is 0 Å². The van der Waals surface area contributed by atoms with E-state index in [1.165, 1.54) is 38.5 Å². The zero-order valence-corrected chi connectivity index (χ0v) is 27.0. The van der Waals surface area contributed by atoms with E-state index in [1.54, 1.807) is 12.1 Å². The molecule has 0 unspecified atom stereocenters. The molecular weight excluding hydrogens is 608 g/mol. The number of amides is 1. The molecule has 3 N–H and O–H groups in total. The van der Waals surface area contributed by atoms with E-state index >= 15 is 0 Å². The Balaban J connectivity index is 1.53. The van der Waals surface area contributed by atoms with Crippen LogP contribution >= 0.6 is 0 Å². The summed E-state index contributed by atoms with van der Waals surface area (Å²) < 4.78 is 21.6. The minimum absolute atomic E-state index is 0.00700. The number of nitro groups is 1. The van der Waals surface area contributed by atoms with Gasteiger partial charge in [0.1, 0.15) is 22.9 Å². The zero-order valence-electron chi connectivity index (χ0n) is 27.0. The van der Waals surface area contributed by atoms with Gasteiger partial charge in [-0.15, -0.1) is 10.2 Å². The number of methoxy groups -OCH3 is 2. The van der Waals surface area contributed by atoms with Crippen LogP contribution in [0.15, 0.2) is 81.1 Å². The number of azo groups is 2. The van der Waals surface area contributed by atoms with E-state index in [-0.39, 0.29) is 11.6 Å². The lowest BCUT2D eigenvalue weighted by atomic mass is 10.2. The van der Waals surface area contributed by atoms with E-state index in [0.717, 1.165) is 18.8 Å². The third-order valence-corrected chi connectivity index (χ3v) is 6.72. The van der Waals surface area contributed by atoms with Gasteiger partial charge in [-0.1, -0.05) is 0 Å². The van der Waals surface area contributed by atoms with Gasteiger partial charge >= 0.3 is 0 Å². The lowest BCUT2D eigenvalue weighted by molar-refractivity contribution is -0.384. The molecule has 0 bridgehead atoms. The number of nitro benzene ring substituents is 1. The molecule has 47 heavy (non-hydrogen) atoms. The van der Waals surface area contributed by atoms with Crippen molar-refractivity contribution in [2.45, 2.75) is 19.8 Å². The second kappa shape index (κ2) is 20.2. The molecule has 0 aliphatic heterocycles. The van der Waals surface area contributed by atoms with E-state index in [0.29, 0.717) is 86.6 Å². The fourth-order valence-corrected chi connectivity index (χ4v) is 4.27. The van der Waals surface area contributed by atoms with Crippen LogP contribution in [0, 0.1) is 10.1 Å². The first kappa shape index (κ1) is 36.5. The van der Waals surface area contributed by atoms with Crippen molar-refractivity contribution >= 4 is 40.0 Å². The molecule has 15 nitrogen and oxygen atoms in total. The van der Waals surface area contributed by atoms with Crippen molar-refractivity contribution in [3.63, 3.8) is 0 Å². The standard InChI is InChI=1S/C32H42N8O7/c1-4-39(17-5-6-32(41)34-16-19-47-21-20-46-18-15-33)26-11-7-24(8-12-26)35-37-28-22-31(45-3)29(23-30(28)44-2)38-36-25-9-13-27(14-10-25)40(42)43/h7-14,22-23H,4-6,15-21,33H2,1-3H3,(H,34,41). The predicted octanol–water partition coefficient (Wildman–Crippen LogP) is 6.16. The Kier molecular flexibility index (Phi) is 15.7. The van der Waals surface area contributed by atoms with Gasteiger partial charge in [0.15, 0.2) is 0 Å². The topological polar surface area (TPSA) is 188 Å². The van der Waals surface area contributed by atoms with E-state index in [9.17, 15) is 14.9 Å². The number of non-ortho nitro benzene ring substituents is 1. The summed E-state index contributed by atoms with van der Waals surface area (Å²) in [7, 11) is 3.01. The van der Waals surface area contributed by atoms with Crippen LogP contribution in [0.4, 0.5) is 34.1 Å². The maximum atomic E-state index is 12.2. The second-order valence-corrected chi connectivity index (χ2v) is 9.93. The largest absolute Gasteiger partial charge is 0.494 e. The molecule has 0 atom stereocenters. The van der Waals surface area contributed by atoms with E-state index < -0.39 is 4.92 Å². The van der Waals surface area contributed by atoms with Crippen LogP contribution < -0.4 is 25.4 Å². The Morgan fingerprint density at radius 3 is 1.91 bits per heavy atom. The lowest BCUT2D eigenvalue weighted by Gasteiger charge is -2.23. The number of benzene rings is 3. The van der Waals surface area contributed by atoms with E-state index in [4.69, 9.17) is 24.7 Å². The molecule has 1 amide bonds. The Bertz CT molecular complexity index is 1470. The molecule has 15 heteroatoms. The molecule has 0 fully saturated rings. The number of carbonyl (C=O) groups is 1. The predicted molar refractivity (Wildman–Crippen MR) is 178 cm³/mol. The first-order valence-corrected chi connectivity index (χ1v) is 15.2. The monoisotopic (exact) mass is 650 g/mol. The first-order valence-electron chi connectivity index (χ1n) is 15.2. The third kappa shape index (κ3) is 12.4. The molecule has 252 valence electrons. The number of carbonyl (C=O) groups excluding carboxylic acids is 1. The quantitative estimate of drug-likeness (QED) is 0.0589. The highest BCUT2D eigenvalue weighted by molar-refractivity contribution is 5.75. The fraction of sp³-hybridized carbons (Fsp3) is 0.406. The number of nitrogens with zero attached hydrogens (tertiary/aromatic N) is 6. The van der Waals surface area contributed by atoms with Crippen molar-refractivity contribution in [3.8, 4) is 11.5 Å². The maximum Gasteiger partial charge on any atom is 0.269 e. The van der Waals surface area contributed by atoms with Crippen molar-refractivity contribution in [2.75, 3.05) is 71.7 Å². The molecule has 0 spiro atoms. The normalized spacial score (nSPS) is 11.2. The Morgan fingerprint density at radius 1 is 0.851 bits per heavy atom. The highest BCUT2D eigenvalue weighted by atomic mass is 16.6. The summed E-state index contributed by atoms with van der Waals surface area (Å²) in [5.41, 5.74) is 8.23. The van der Waals surface area contributed by atoms with Gasteiger partial charge in [-0.3, -0.25) is 14.9 Å². The number of ether oxygens (including phenoxy) is 4. The zero-order chi connectivity index (χ0) is 33.9. The van der Waals surface area contributed by atoms with Crippen molar-refractivity contribution < 1.29 is 28.7 Å². The van der Waals surface area contributed by atoms with Gasteiger partial charge in [-0.2, -0.15) is 10.2 Å². The molecule has 0 aliphatic carbocycles. The number of anilines is 1. The molecule has 3 aromatic rings. The van der Waals surface area contributed by atoms with Gasteiger partial charge in [-0.25, -0.2) is 0 Å². The van der Waals surface area contributed by atoms with Crippen LogP contribution in [-0.2, 0) is 14.3 Å². The lowest BCUT2D eigenvalue weighted by Crippen LogP contribution is -2.29. The van der Waals surface area contributed by atoms with Crippen molar-refractivity contribution in [2.24, 2.45) is 26.2 Å². The van der Waals surface area contributed by atoms with Crippen LogP contribution in [0.25, 0.3) is 0 Å². The van der Waals surface area contributed by atoms with Crippen LogP contribution in [0.5, 0.6) is 11.5 Å². The number of hydrogen-bond acceptors (Lipinski definition) is 13. The number of hydrogen-bond donors (Lipinski definition) is 2.